The summed E-state index contributed by atoms with van der Waals surface area (Å²) in [6, 6.07) is 0. The molecule has 0 aromatic carbocycles. The zero-order chi connectivity index (χ0) is 11.2. The molecule has 3 aliphatic rings. The van der Waals surface area contributed by atoms with Gasteiger partial charge in [0.15, 0.2) is 0 Å². The lowest BCUT2D eigenvalue weighted by Gasteiger charge is -2.50. The molecule has 2 bridgehead atoms. The van der Waals surface area contributed by atoms with Gasteiger partial charge in [0.05, 0.1) is 0 Å². The topological polar surface area (TPSA) is 17.1 Å². The second-order valence-electron chi connectivity index (χ2n) is 5.81. The molecule has 0 aromatic rings. The Morgan fingerprint density at radius 1 is 1.47 bits per heavy atom. The molecule has 0 aliphatic heterocycles. The second kappa shape index (κ2) is 3.77. The van der Waals surface area contributed by atoms with Crippen LogP contribution in [0.15, 0.2) is 11.6 Å². The number of fused-ring (bicyclic) bond motifs is 2. The van der Waals surface area contributed by atoms with Crippen LogP contribution in [0.5, 0.6) is 0 Å². The summed E-state index contributed by atoms with van der Waals surface area (Å²) in [6.07, 6.45) is 4.89. The number of carbonyl (C=O) groups is 1. The molecule has 5 unspecified atom stereocenters. The molecule has 1 saturated carbocycles. The molecule has 84 valence electrons. The van der Waals surface area contributed by atoms with Crippen LogP contribution in [0, 0.1) is 35.5 Å². The molecule has 1 nitrogen and oxygen atoms in total. The maximum absolute atomic E-state index is 11.2. The van der Waals surface area contributed by atoms with Crippen molar-refractivity contribution in [1.82, 2.24) is 0 Å². The number of carbonyl (C=O) groups excluding carboxylic acids is 1. The molecule has 0 spiro atoms. The smallest absolute Gasteiger partial charge is 0.123 e. The Kier molecular flexibility index (Phi) is 2.74. The molecule has 0 heterocycles. The lowest BCUT2D eigenvalue weighted by Crippen LogP contribution is -2.45. The minimum Gasteiger partial charge on any atom is -0.303 e. The van der Waals surface area contributed by atoms with E-state index in [2.05, 4.69) is 33.8 Å². The normalized spacial score (nSPS) is 44.3. The summed E-state index contributed by atoms with van der Waals surface area (Å²) in [5.41, 5.74) is 1.46. The highest BCUT2D eigenvalue weighted by atomic mass is 16.1. The van der Waals surface area contributed by atoms with Gasteiger partial charge in [-0.2, -0.15) is 0 Å². The number of aldehydes is 1. The van der Waals surface area contributed by atoms with Crippen LogP contribution in [-0.4, -0.2) is 6.29 Å². The van der Waals surface area contributed by atoms with Crippen molar-refractivity contribution in [1.29, 1.82) is 0 Å². The van der Waals surface area contributed by atoms with Crippen LogP contribution >= 0.6 is 0 Å². The number of hydrogen-bond acceptors (Lipinski definition) is 1. The van der Waals surface area contributed by atoms with Crippen LogP contribution in [0.25, 0.3) is 0 Å². The number of allylic oxidation sites excluding steroid dienone is 2. The first-order valence-corrected chi connectivity index (χ1v) is 6.19. The summed E-state index contributed by atoms with van der Waals surface area (Å²) in [5.74, 6) is 3.56. The first kappa shape index (κ1) is 10.9. The molecule has 5 atom stereocenters. The quantitative estimate of drug-likeness (QED) is 0.500. The van der Waals surface area contributed by atoms with E-state index in [1.807, 2.05) is 0 Å². The van der Waals surface area contributed by atoms with Gasteiger partial charge in [0.25, 0.3) is 0 Å². The molecule has 1 heteroatoms. The summed E-state index contributed by atoms with van der Waals surface area (Å²) in [6.45, 7) is 9.10. The van der Waals surface area contributed by atoms with Crippen molar-refractivity contribution >= 4 is 6.29 Å². The van der Waals surface area contributed by atoms with E-state index in [9.17, 15) is 4.79 Å². The average molecular weight is 206 g/mol. The highest BCUT2D eigenvalue weighted by Gasteiger charge is 2.46. The summed E-state index contributed by atoms with van der Waals surface area (Å²) in [4.78, 5) is 11.2. The second-order valence-corrected chi connectivity index (χ2v) is 5.81. The molecule has 0 saturated heterocycles. The molecule has 3 rings (SSSR count). The van der Waals surface area contributed by atoms with Gasteiger partial charge in [-0.25, -0.2) is 0 Å². The van der Waals surface area contributed by atoms with Gasteiger partial charge in [0.2, 0.25) is 0 Å². The van der Waals surface area contributed by atoms with Crippen LogP contribution in [0.1, 0.15) is 34.1 Å². The maximum atomic E-state index is 11.2. The van der Waals surface area contributed by atoms with Crippen molar-refractivity contribution in [2.24, 2.45) is 35.5 Å². The Morgan fingerprint density at radius 3 is 2.67 bits per heavy atom. The SMILES string of the molecule is CC1=CC2C(C)C(C=O)C1CC2C(C)C. The molecule has 0 radical (unpaired) electrons. The molecule has 0 aromatic heterocycles. The van der Waals surface area contributed by atoms with Gasteiger partial charge >= 0.3 is 0 Å². The fourth-order valence-electron chi connectivity index (χ4n) is 3.75. The third-order valence-corrected chi connectivity index (χ3v) is 4.75. The lowest BCUT2D eigenvalue weighted by molar-refractivity contribution is -0.117. The Morgan fingerprint density at radius 2 is 2.13 bits per heavy atom. The lowest BCUT2D eigenvalue weighted by atomic mass is 9.54. The maximum Gasteiger partial charge on any atom is 0.123 e. The molecular weight excluding hydrogens is 184 g/mol. The van der Waals surface area contributed by atoms with E-state index < -0.39 is 0 Å². The van der Waals surface area contributed by atoms with Crippen molar-refractivity contribution in [2.45, 2.75) is 34.1 Å². The van der Waals surface area contributed by atoms with Crippen molar-refractivity contribution in [3.05, 3.63) is 11.6 Å². The molecule has 3 aliphatic carbocycles. The number of hydrogen-bond donors (Lipinski definition) is 0. The van der Waals surface area contributed by atoms with Gasteiger partial charge in [-0.3, -0.25) is 0 Å². The Labute approximate surface area is 92.9 Å². The fraction of sp³-hybridized carbons (Fsp3) is 0.786. The van der Waals surface area contributed by atoms with Crippen molar-refractivity contribution in [2.75, 3.05) is 0 Å². The minimum atomic E-state index is 0.287. The monoisotopic (exact) mass is 206 g/mol. The minimum absolute atomic E-state index is 0.287. The van der Waals surface area contributed by atoms with Gasteiger partial charge in [-0.05, 0) is 42.9 Å². The van der Waals surface area contributed by atoms with Crippen molar-refractivity contribution < 1.29 is 4.79 Å². The van der Waals surface area contributed by atoms with E-state index in [0.717, 1.165) is 11.8 Å². The van der Waals surface area contributed by atoms with E-state index in [1.165, 1.54) is 18.3 Å². The third kappa shape index (κ3) is 1.56. The first-order valence-electron chi connectivity index (χ1n) is 6.19. The Bertz CT molecular complexity index is 290. The predicted octanol–water partition coefficient (Wildman–Crippen LogP) is 3.31. The average Bonchev–Trinajstić information content (AvgIpc) is 2.19. The largest absolute Gasteiger partial charge is 0.303 e. The van der Waals surface area contributed by atoms with Crippen LogP contribution in [0.4, 0.5) is 0 Å². The predicted molar refractivity (Wildman–Crippen MR) is 62.4 cm³/mol. The Hall–Kier alpha value is -0.590. The van der Waals surface area contributed by atoms with Gasteiger partial charge < -0.3 is 4.79 Å². The van der Waals surface area contributed by atoms with E-state index in [-0.39, 0.29) is 5.92 Å². The van der Waals surface area contributed by atoms with E-state index in [1.54, 1.807) is 0 Å². The summed E-state index contributed by atoms with van der Waals surface area (Å²) >= 11 is 0. The third-order valence-electron chi connectivity index (χ3n) is 4.75. The standard InChI is InChI=1S/C14H22O/c1-8(2)11-6-12-9(3)5-13(11)10(4)14(12)7-15/h5,7-8,10-14H,6H2,1-4H3. The van der Waals surface area contributed by atoms with E-state index >= 15 is 0 Å². The summed E-state index contributed by atoms with van der Waals surface area (Å²) in [5, 5.41) is 0. The highest BCUT2D eigenvalue weighted by molar-refractivity contribution is 5.57. The van der Waals surface area contributed by atoms with Crippen LogP contribution in [-0.2, 0) is 4.79 Å². The number of rotatable bonds is 2. The molecule has 15 heavy (non-hydrogen) atoms. The van der Waals surface area contributed by atoms with Gasteiger partial charge in [0.1, 0.15) is 6.29 Å². The zero-order valence-electron chi connectivity index (χ0n) is 10.2. The molecule has 1 fully saturated rings. The van der Waals surface area contributed by atoms with Crippen molar-refractivity contribution in [3.63, 3.8) is 0 Å². The van der Waals surface area contributed by atoms with Crippen LogP contribution in [0.2, 0.25) is 0 Å². The highest BCUT2D eigenvalue weighted by Crippen LogP contribution is 2.52. The molecule has 0 N–H and O–H groups in total. The van der Waals surface area contributed by atoms with E-state index in [0.29, 0.717) is 17.8 Å². The Balaban J connectivity index is 2.31. The zero-order valence-corrected chi connectivity index (χ0v) is 10.2. The van der Waals surface area contributed by atoms with Crippen LogP contribution < -0.4 is 0 Å². The van der Waals surface area contributed by atoms with E-state index in [4.69, 9.17) is 0 Å². The fourth-order valence-corrected chi connectivity index (χ4v) is 3.75. The van der Waals surface area contributed by atoms with Crippen molar-refractivity contribution in [3.8, 4) is 0 Å². The summed E-state index contributed by atoms with van der Waals surface area (Å²) < 4.78 is 0. The van der Waals surface area contributed by atoms with Crippen LogP contribution in [0.3, 0.4) is 0 Å². The van der Waals surface area contributed by atoms with Gasteiger partial charge in [-0.15, -0.1) is 0 Å². The van der Waals surface area contributed by atoms with Gasteiger partial charge in [-0.1, -0.05) is 32.4 Å². The molecule has 0 amide bonds. The summed E-state index contributed by atoms with van der Waals surface area (Å²) in [7, 11) is 0. The van der Waals surface area contributed by atoms with Gasteiger partial charge in [0, 0.05) is 5.92 Å². The molecular formula is C14H22O. The first-order chi connectivity index (χ1) is 7.06.